The summed E-state index contributed by atoms with van der Waals surface area (Å²) in [5.41, 5.74) is 9.99. The summed E-state index contributed by atoms with van der Waals surface area (Å²) in [5.74, 6) is 0. The molecule has 4 aromatic carbocycles. The van der Waals surface area contributed by atoms with E-state index in [4.69, 9.17) is 0 Å². The third kappa shape index (κ3) is 2.28. The topological polar surface area (TPSA) is 8.81 Å². The number of para-hydroxylation sites is 1. The minimum atomic E-state index is -0.0819. The van der Waals surface area contributed by atoms with E-state index in [0.717, 1.165) is 5.69 Å². The Morgan fingerprint density at radius 2 is 1.47 bits per heavy atom. The summed E-state index contributed by atoms with van der Waals surface area (Å²) < 4.78 is 4.49. The fraction of sp³-hybridized carbons (Fsp3) is 0.179. The maximum absolute atomic E-state index is 3.69. The van der Waals surface area contributed by atoms with Gasteiger partial charge in [-0.15, -0.1) is 0 Å². The Hall–Kier alpha value is -3.39. The summed E-state index contributed by atoms with van der Waals surface area (Å²) in [6, 6.07) is 26.7. The minimum Gasteiger partial charge on any atom is -0.292 e. The lowest BCUT2D eigenvalue weighted by Crippen LogP contribution is -2.40. The van der Waals surface area contributed by atoms with Crippen molar-refractivity contribution in [2.75, 3.05) is 0 Å². The molecule has 146 valence electrons. The van der Waals surface area contributed by atoms with Gasteiger partial charge in [0.15, 0.2) is 0 Å². The average Bonchev–Trinajstić information content (AvgIpc) is 3.11. The lowest BCUT2D eigenvalue weighted by atomic mass is 9.74. The van der Waals surface area contributed by atoms with Crippen LogP contribution in [0.15, 0.2) is 72.8 Å². The summed E-state index contributed by atoms with van der Waals surface area (Å²) in [4.78, 5) is 0. The van der Waals surface area contributed by atoms with E-state index < -0.39 is 0 Å². The van der Waals surface area contributed by atoms with Gasteiger partial charge in [0.1, 0.15) is 0 Å². The third-order valence-corrected chi connectivity index (χ3v) is 6.60. The number of benzene rings is 4. The lowest BCUT2D eigenvalue weighted by molar-refractivity contribution is -0.575. The number of aryl methyl sites for hydroxylation is 2. The van der Waals surface area contributed by atoms with Crippen LogP contribution in [0, 0.1) is 20.2 Å². The molecule has 0 N–H and O–H groups in total. The van der Waals surface area contributed by atoms with Gasteiger partial charge in [0.05, 0.1) is 22.4 Å². The molecule has 0 bridgehead atoms. The smallest absolute Gasteiger partial charge is 0.269 e. The largest absolute Gasteiger partial charge is 0.292 e. The van der Waals surface area contributed by atoms with Crippen molar-refractivity contribution in [2.24, 2.45) is 0 Å². The molecule has 0 atom stereocenters. The molecule has 1 aromatic heterocycles. The van der Waals surface area contributed by atoms with Crippen LogP contribution in [0.4, 0.5) is 0 Å². The van der Waals surface area contributed by atoms with E-state index in [-0.39, 0.29) is 5.41 Å². The van der Waals surface area contributed by atoms with Crippen LogP contribution < -0.4 is 4.57 Å². The second-order valence-corrected chi connectivity index (χ2v) is 9.13. The molecule has 30 heavy (non-hydrogen) atoms. The molecule has 6 rings (SSSR count). The molecule has 1 aliphatic heterocycles. The molecule has 0 aliphatic carbocycles. The first-order valence-corrected chi connectivity index (χ1v) is 10.5. The Bertz CT molecular complexity index is 1460. The first-order valence-electron chi connectivity index (χ1n) is 10.5. The van der Waals surface area contributed by atoms with Crippen LogP contribution in [0.2, 0.25) is 0 Å². The normalized spacial score (nSPS) is 14.3. The highest BCUT2D eigenvalue weighted by Crippen LogP contribution is 2.42. The molecule has 0 spiro atoms. The number of rotatable bonds is 1. The van der Waals surface area contributed by atoms with Crippen LogP contribution in [0.1, 0.15) is 36.1 Å². The highest BCUT2D eigenvalue weighted by molar-refractivity contribution is 5.88. The number of fused-ring (bicyclic) bond motifs is 3. The van der Waals surface area contributed by atoms with Crippen LogP contribution in [0.3, 0.4) is 0 Å². The third-order valence-electron chi connectivity index (χ3n) is 6.60. The van der Waals surface area contributed by atoms with Gasteiger partial charge in [-0.2, -0.15) is 0 Å². The Balaban J connectivity index is 1.75. The van der Waals surface area contributed by atoms with Gasteiger partial charge in [-0.1, -0.05) is 79.6 Å². The van der Waals surface area contributed by atoms with Crippen LogP contribution in [0.25, 0.3) is 33.2 Å². The zero-order valence-corrected chi connectivity index (χ0v) is 17.8. The number of hydrogen-bond acceptors (Lipinski definition) is 0. The zero-order chi connectivity index (χ0) is 20.6. The quantitative estimate of drug-likeness (QED) is 0.242. The number of imidazole rings is 1. The van der Waals surface area contributed by atoms with Crippen molar-refractivity contribution < 1.29 is 4.57 Å². The van der Waals surface area contributed by atoms with E-state index in [1.165, 1.54) is 49.7 Å². The lowest BCUT2D eigenvalue weighted by Gasteiger charge is -2.34. The molecule has 0 fully saturated rings. The van der Waals surface area contributed by atoms with E-state index in [9.17, 15) is 0 Å². The Morgan fingerprint density at radius 3 is 2.20 bits per heavy atom. The second kappa shape index (κ2) is 5.82. The molecule has 2 heterocycles. The molecule has 0 saturated heterocycles. The van der Waals surface area contributed by atoms with Crippen molar-refractivity contribution in [2.45, 2.75) is 33.1 Å². The highest BCUT2D eigenvalue weighted by Gasteiger charge is 2.34. The molecule has 2 nitrogen and oxygen atoms in total. The molecule has 0 radical (unpaired) electrons. The van der Waals surface area contributed by atoms with Crippen molar-refractivity contribution in [1.29, 1.82) is 0 Å². The van der Waals surface area contributed by atoms with Crippen LogP contribution >= 0.6 is 0 Å². The summed E-state index contributed by atoms with van der Waals surface area (Å²) in [6.07, 6.45) is 3.69. The van der Waals surface area contributed by atoms with Crippen LogP contribution in [-0.2, 0) is 5.41 Å². The van der Waals surface area contributed by atoms with E-state index in [2.05, 4.69) is 116 Å². The number of aromatic nitrogens is 2. The van der Waals surface area contributed by atoms with E-state index >= 15 is 0 Å². The van der Waals surface area contributed by atoms with E-state index in [0.29, 0.717) is 0 Å². The standard InChI is InChI=1S/C28H24N2/c1-18-12-19(2)14-22(13-18)29-17-30-26-16-21-9-6-5-8-20(21)15-24(26)28(3,4)23-10-7-11-25(29)27(23)30/h5-16H,1-4H3. The van der Waals surface area contributed by atoms with Gasteiger partial charge in [-0.25, -0.2) is 0 Å². The van der Waals surface area contributed by atoms with Gasteiger partial charge >= 0.3 is 0 Å². The Morgan fingerprint density at radius 1 is 0.767 bits per heavy atom. The van der Waals surface area contributed by atoms with Crippen molar-refractivity contribution in [3.63, 3.8) is 0 Å². The van der Waals surface area contributed by atoms with Gasteiger partial charge in [0.25, 0.3) is 6.33 Å². The van der Waals surface area contributed by atoms with Crippen molar-refractivity contribution >= 4 is 21.8 Å². The summed E-state index contributed by atoms with van der Waals surface area (Å²) >= 11 is 0. The number of hydrogen-bond donors (Lipinski definition) is 0. The first-order chi connectivity index (χ1) is 14.4. The molecular weight excluding hydrogens is 364 g/mol. The van der Waals surface area contributed by atoms with Crippen molar-refractivity contribution in [3.8, 4) is 11.4 Å². The second-order valence-electron chi connectivity index (χ2n) is 9.13. The van der Waals surface area contributed by atoms with Crippen molar-refractivity contribution in [1.82, 2.24) is 4.57 Å². The molecular formula is C28H24N2. The average molecular weight is 389 g/mol. The van der Waals surface area contributed by atoms with Crippen LogP contribution in [-0.4, -0.2) is 4.57 Å². The van der Waals surface area contributed by atoms with E-state index in [1.807, 2.05) is 0 Å². The van der Waals surface area contributed by atoms with Gasteiger partial charge in [0, 0.05) is 5.41 Å². The summed E-state index contributed by atoms with van der Waals surface area (Å²) in [7, 11) is 0. The Kier molecular flexibility index (Phi) is 3.39. The monoisotopic (exact) mass is 388 g/mol. The molecule has 0 saturated carbocycles. The van der Waals surface area contributed by atoms with E-state index in [1.54, 1.807) is 0 Å². The van der Waals surface area contributed by atoms with Crippen LogP contribution in [0.5, 0.6) is 0 Å². The maximum Gasteiger partial charge on any atom is 0.269 e. The Labute approximate surface area is 177 Å². The highest BCUT2D eigenvalue weighted by atomic mass is 15.1. The molecule has 0 unspecified atom stereocenters. The minimum absolute atomic E-state index is 0.0819. The fourth-order valence-corrected chi connectivity index (χ4v) is 5.16. The predicted octanol–water partition coefficient (Wildman–Crippen LogP) is 6.12. The zero-order valence-electron chi connectivity index (χ0n) is 17.8. The SMILES string of the molecule is Cc1cc(C)cc(-n2[c-][n+]3c4c(cccc42)C(C)(C)c2cc4ccccc4cc2-3)c1. The van der Waals surface area contributed by atoms with Gasteiger partial charge in [0.2, 0.25) is 0 Å². The summed E-state index contributed by atoms with van der Waals surface area (Å²) in [6.45, 7) is 8.99. The van der Waals surface area contributed by atoms with Gasteiger partial charge < -0.3 is 0 Å². The molecule has 2 heteroatoms. The van der Waals surface area contributed by atoms with Gasteiger partial charge in [-0.05, 0) is 53.9 Å². The molecule has 5 aromatic rings. The van der Waals surface area contributed by atoms with Gasteiger partial charge in [-0.3, -0.25) is 9.13 Å². The van der Waals surface area contributed by atoms with Crippen molar-refractivity contribution in [3.05, 3.63) is 101 Å². The summed E-state index contributed by atoms with van der Waals surface area (Å²) in [5, 5.41) is 2.55. The first kappa shape index (κ1) is 17.5. The molecule has 0 amide bonds. The predicted molar refractivity (Wildman–Crippen MR) is 123 cm³/mol. The number of nitrogens with zero attached hydrogens (tertiary/aromatic N) is 2. The molecule has 1 aliphatic rings. The maximum atomic E-state index is 3.69. The fourth-order valence-electron chi connectivity index (χ4n) is 5.16.